The Morgan fingerprint density at radius 2 is 1.67 bits per heavy atom. The largest absolute Gasteiger partial charge is 0.393 e. The molecule has 0 radical (unpaired) electrons. The van der Waals surface area contributed by atoms with Crippen molar-refractivity contribution in [3.8, 4) is 0 Å². The Kier molecular flexibility index (Phi) is 4.77. The first-order chi connectivity index (χ1) is 10.2. The summed E-state index contributed by atoms with van der Waals surface area (Å²) in [4.78, 5) is 0. The first kappa shape index (κ1) is 14.8. The molecule has 2 heteroatoms. The van der Waals surface area contributed by atoms with Gasteiger partial charge in [-0.3, -0.25) is 0 Å². The van der Waals surface area contributed by atoms with Crippen LogP contribution in [-0.4, -0.2) is 11.2 Å². The SMILES string of the molecule is OC1CCC(c2ccccc2)CC1Cc1ccc(Br)cc1. The monoisotopic (exact) mass is 344 g/mol. The highest BCUT2D eigenvalue weighted by Gasteiger charge is 2.29. The second kappa shape index (κ2) is 6.76. The van der Waals surface area contributed by atoms with Crippen LogP contribution < -0.4 is 0 Å². The highest BCUT2D eigenvalue weighted by atomic mass is 79.9. The lowest BCUT2D eigenvalue weighted by Gasteiger charge is -2.33. The fourth-order valence-electron chi connectivity index (χ4n) is 3.42. The molecular formula is C19H21BrO. The molecule has 0 aliphatic heterocycles. The van der Waals surface area contributed by atoms with Crippen LogP contribution in [0.25, 0.3) is 0 Å². The Bertz CT molecular complexity index is 564. The Labute approximate surface area is 135 Å². The molecule has 3 atom stereocenters. The fraction of sp³-hybridized carbons (Fsp3) is 0.368. The van der Waals surface area contributed by atoms with Gasteiger partial charge in [-0.05, 0) is 60.8 Å². The lowest BCUT2D eigenvalue weighted by Crippen LogP contribution is -2.29. The maximum atomic E-state index is 10.3. The van der Waals surface area contributed by atoms with Gasteiger partial charge in [0.15, 0.2) is 0 Å². The number of halogens is 1. The van der Waals surface area contributed by atoms with Crippen LogP contribution in [0.4, 0.5) is 0 Å². The Hall–Kier alpha value is -1.12. The van der Waals surface area contributed by atoms with E-state index in [4.69, 9.17) is 0 Å². The predicted molar refractivity (Wildman–Crippen MR) is 90.4 cm³/mol. The van der Waals surface area contributed by atoms with Gasteiger partial charge < -0.3 is 5.11 Å². The van der Waals surface area contributed by atoms with Crippen molar-refractivity contribution in [3.05, 3.63) is 70.2 Å². The summed E-state index contributed by atoms with van der Waals surface area (Å²) in [6.07, 6.45) is 3.91. The molecule has 1 aliphatic carbocycles. The lowest BCUT2D eigenvalue weighted by molar-refractivity contribution is 0.0619. The van der Waals surface area contributed by atoms with E-state index in [1.54, 1.807) is 0 Å². The summed E-state index contributed by atoms with van der Waals surface area (Å²) in [6, 6.07) is 19.2. The van der Waals surface area contributed by atoms with E-state index in [1.165, 1.54) is 11.1 Å². The lowest BCUT2D eigenvalue weighted by atomic mass is 9.74. The molecule has 1 fully saturated rings. The molecule has 21 heavy (non-hydrogen) atoms. The van der Waals surface area contributed by atoms with Crippen LogP contribution in [0.3, 0.4) is 0 Å². The van der Waals surface area contributed by atoms with Crippen molar-refractivity contribution in [2.45, 2.75) is 37.7 Å². The van der Waals surface area contributed by atoms with Crippen molar-refractivity contribution in [2.24, 2.45) is 5.92 Å². The van der Waals surface area contributed by atoms with Gasteiger partial charge in [0, 0.05) is 4.47 Å². The highest BCUT2D eigenvalue weighted by molar-refractivity contribution is 9.10. The zero-order valence-electron chi connectivity index (χ0n) is 12.1. The van der Waals surface area contributed by atoms with Gasteiger partial charge in [0.2, 0.25) is 0 Å². The van der Waals surface area contributed by atoms with Crippen LogP contribution in [0, 0.1) is 5.92 Å². The molecule has 0 bridgehead atoms. The average molecular weight is 345 g/mol. The minimum atomic E-state index is -0.159. The second-order valence-corrected chi connectivity index (χ2v) is 6.99. The van der Waals surface area contributed by atoms with Crippen molar-refractivity contribution in [3.63, 3.8) is 0 Å². The van der Waals surface area contributed by atoms with Gasteiger partial charge in [0.25, 0.3) is 0 Å². The van der Waals surface area contributed by atoms with Gasteiger partial charge in [-0.25, -0.2) is 0 Å². The summed E-state index contributed by atoms with van der Waals surface area (Å²) in [5.74, 6) is 0.958. The normalized spacial score (nSPS) is 25.7. The molecule has 0 aromatic heterocycles. The van der Waals surface area contributed by atoms with Gasteiger partial charge >= 0.3 is 0 Å². The Morgan fingerprint density at radius 1 is 0.952 bits per heavy atom. The van der Waals surface area contributed by atoms with E-state index >= 15 is 0 Å². The number of aliphatic hydroxyl groups excluding tert-OH is 1. The van der Waals surface area contributed by atoms with Gasteiger partial charge in [-0.15, -0.1) is 0 Å². The van der Waals surface area contributed by atoms with E-state index < -0.39 is 0 Å². The maximum absolute atomic E-state index is 10.3. The van der Waals surface area contributed by atoms with Crippen LogP contribution in [0.1, 0.15) is 36.3 Å². The van der Waals surface area contributed by atoms with E-state index in [9.17, 15) is 5.11 Å². The van der Waals surface area contributed by atoms with Crippen LogP contribution in [0.2, 0.25) is 0 Å². The van der Waals surface area contributed by atoms with Crippen LogP contribution in [0.5, 0.6) is 0 Å². The molecule has 2 aromatic carbocycles. The molecule has 0 amide bonds. The zero-order valence-corrected chi connectivity index (χ0v) is 13.7. The van der Waals surface area contributed by atoms with E-state index in [-0.39, 0.29) is 6.10 Å². The quantitative estimate of drug-likeness (QED) is 0.836. The molecule has 3 unspecified atom stereocenters. The molecule has 0 heterocycles. The predicted octanol–water partition coefficient (Wildman–Crippen LogP) is 4.94. The molecule has 0 spiro atoms. The molecule has 0 saturated heterocycles. The molecule has 110 valence electrons. The van der Waals surface area contributed by atoms with Gasteiger partial charge in [-0.1, -0.05) is 58.4 Å². The number of rotatable bonds is 3. The third-order valence-corrected chi connectivity index (χ3v) is 5.15. The highest BCUT2D eigenvalue weighted by Crippen LogP contribution is 2.37. The molecule has 2 aromatic rings. The average Bonchev–Trinajstić information content (AvgIpc) is 2.52. The second-order valence-electron chi connectivity index (χ2n) is 6.08. The number of aliphatic hydroxyl groups is 1. The van der Waals surface area contributed by atoms with Gasteiger partial charge in [-0.2, -0.15) is 0 Å². The Morgan fingerprint density at radius 3 is 2.38 bits per heavy atom. The topological polar surface area (TPSA) is 20.2 Å². The summed E-state index contributed by atoms with van der Waals surface area (Å²) in [5, 5.41) is 10.3. The van der Waals surface area contributed by atoms with E-state index in [0.29, 0.717) is 11.8 Å². The van der Waals surface area contributed by atoms with Crippen molar-refractivity contribution < 1.29 is 5.11 Å². The van der Waals surface area contributed by atoms with Crippen molar-refractivity contribution in [1.29, 1.82) is 0 Å². The Balaban J connectivity index is 1.70. The first-order valence-electron chi connectivity index (χ1n) is 7.70. The zero-order chi connectivity index (χ0) is 14.7. The molecule has 1 N–H and O–H groups in total. The third kappa shape index (κ3) is 3.75. The van der Waals surface area contributed by atoms with Crippen molar-refractivity contribution in [2.75, 3.05) is 0 Å². The molecule has 1 saturated carbocycles. The molecule has 1 nitrogen and oxygen atoms in total. The minimum absolute atomic E-state index is 0.159. The summed E-state index contributed by atoms with van der Waals surface area (Å²) in [6.45, 7) is 0. The van der Waals surface area contributed by atoms with E-state index in [0.717, 1.165) is 30.2 Å². The molecule has 1 aliphatic rings. The van der Waals surface area contributed by atoms with Crippen LogP contribution >= 0.6 is 15.9 Å². The smallest absolute Gasteiger partial charge is 0.0572 e. The maximum Gasteiger partial charge on any atom is 0.0572 e. The molecular weight excluding hydrogens is 324 g/mol. The van der Waals surface area contributed by atoms with Gasteiger partial charge in [0.05, 0.1) is 6.10 Å². The summed E-state index contributed by atoms with van der Waals surface area (Å²) < 4.78 is 1.11. The summed E-state index contributed by atoms with van der Waals surface area (Å²) in [5.41, 5.74) is 2.74. The standard InChI is InChI=1S/C19H21BrO/c20-18-9-6-14(7-10-18)12-17-13-16(8-11-19(17)21)15-4-2-1-3-5-15/h1-7,9-10,16-17,19,21H,8,11-13H2. The third-order valence-electron chi connectivity index (χ3n) is 4.62. The summed E-state index contributed by atoms with van der Waals surface area (Å²) in [7, 11) is 0. The van der Waals surface area contributed by atoms with Crippen molar-refractivity contribution >= 4 is 15.9 Å². The minimum Gasteiger partial charge on any atom is -0.393 e. The first-order valence-corrected chi connectivity index (χ1v) is 8.49. The van der Waals surface area contributed by atoms with Crippen LogP contribution in [0.15, 0.2) is 59.1 Å². The molecule has 3 rings (SSSR count). The summed E-state index contributed by atoms with van der Waals surface area (Å²) >= 11 is 3.47. The van der Waals surface area contributed by atoms with Gasteiger partial charge in [0.1, 0.15) is 0 Å². The number of hydrogen-bond donors (Lipinski definition) is 1. The number of benzene rings is 2. The number of hydrogen-bond acceptors (Lipinski definition) is 1. The van der Waals surface area contributed by atoms with E-state index in [1.807, 2.05) is 0 Å². The fourth-order valence-corrected chi connectivity index (χ4v) is 3.68. The van der Waals surface area contributed by atoms with E-state index in [2.05, 4.69) is 70.5 Å². The van der Waals surface area contributed by atoms with Crippen molar-refractivity contribution in [1.82, 2.24) is 0 Å². The van der Waals surface area contributed by atoms with Crippen LogP contribution in [-0.2, 0) is 6.42 Å².